The third kappa shape index (κ3) is 1.78. The van der Waals surface area contributed by atoms with Crippen molar-refractivity contribution >= 4 is 22.6 Å². The Morgan fingerprint density at radius 1 is 0.792 bits per heavy atom. The first-order valence-electron chi connectivity index (χ1n) is 9.10. The van der Waals surface area contributed by atoms with Crippen molar-refractivity contribution in [3.63, 3.8) is 0 Å². The van der Waals surface area contributed by atoms with Gasteiger partial charge in [-0.1, -0.05) is 19.1 Å². The highest BCUT2D eigenvalue weighted by molar-refractivity contribution is 6.26. The first-order valence-corrected chi connectivity index (χ1v) is 9.10. The number of carbonyl (C=O) groups excluding carboxylic acids is 2. The van der Waals surface area contributed by atoms with E-state index < -0.39 is 0 Å². The fourth-order valence-electron chi connectivity index (χ4n) is 4.87. The molecule has 0 saturated heterocycles. The number of carbonyl (C=O) groups is 2. The molecule has 0 aromatic heterocycles. The number of imide groups is 1. The minimum atomic E-state index is -0.0809. The van der Waals surface area contributed by atoms with Gasteiger partial charge in [0.15, 0.2) is 0 Å². The Bertz CT molecular complexity index is 832. The van der Waals surface area contributed by atoms with Crippen molar-refractivity contribution in [1.29, 1.82) is 0 Å². The molecule has 5 rings (SSSR count). The molecule has 2 aromatic carbocycles. The minimum Gasteiger partial charge on any atom is -0.271 e. The summed E-state index contributed by atoms with van der Waals surface area (Å²) < 4.78 is 0. The molecule has 1 aliphatic heterocycles. The first-order chi connectivity index (χ1) is 11.6. The summed E-state index contributed by atoms with van der Waals surface area (Å²) in [6.45, 7) is 2.25. The van der Waals surface area contributed by atoms with E-state index >= 15 is 0 Å². The van der Waals surface area contributed by atoms with Crippen LogP contribution in [0.15, 0.2) is 24.3 Å². The van der Waals surface area contributed by atoms with Gasteiger partial charge in [0.1, 0.15) is 0 Å². The van der Waals surface area contributed by atoms with Crippen LogP contribution < -0.4 is 0 Å². The molecule has 1 heterocycles. The third-order valence-corrected chi connectivity index (χ3v) is 6.25. The van der Waals surface area contributed by atoms with Crippen LogP contribution in [0.1, 0.15) is 64.4 Å². The molecular formula is C21H21NO2. The van der Waals surface area contributed by atoms with Crippen LogP contribution in [0, 0.1) is 5.92 Å². The van der Waals surface area contributed by atoms with Crippen molar-refractivity contribution in [3.05, 3.63) is 46.5 Å². The molecule has 3 nitrogen and oxygen atoms in total. The summed E-state index contributed by atoms with van der Waals surface area (Å²) in [5.74, 6) is 0.538. The lowest BCUT2D eigenvalue weighted by Crippen LogP contribution is -2.48. The van der Waals surface area contributed by atoms with Gasteiger partial charge in [-0.2, -0.15) is 0 Å². The van der Waals surface area contributed by atoms with Crippen LogP contribution in [-0.2, 0) is 12.8 Å². The number of aryl methyl sites for hydroxylation is 2. The van der Waals surface area contributed by atoms with Crippen molar-refractivity contribution in [2.45, 2.75) is 51.5 Å². The van der Waals surface area contributed by atoms with Crippen molar-refractivity contribution < 1.29 is 9.59 Å². The van der Waals surface area contributed by atoms with Crippen LogP contribution in [0.4, 0.5) is 0 Å². The second kappa shape index (κ2) is 4.92. The van der Waals surface area contributed by atoms with Gasteiger partial charge in [-0.05, 0) is 73.1 Å². The second-order valence-corrected chi connectivity index (χ2v) is 7.69. The molecule has 2 aliphatic carbocycles. The molecule has 0 spiro atoms. The summed E-state index contributed by atoms with van der Waals surface area (Å²) in [7, 11) is 0. The molecule has 0 bridgehead atoms. The van der Waals surface area contributed by atoms with E-state index in [1.807, 2.05) is 12.1 Å². The lowest BCUT2D eigenvalue weighted by Gasteiger charge is -2.37. The molecule has 0 radical (unpaired) electrons. The van der Waals surface area contributed by atoms with E-state index in [0.717, 1.165) is 55.0 Å². The van der Waals surface area contributed by atoms with Crippen LogP contribution in [0.25, 0.3) is 10.8 Å². The lowest BCUT2D eigenvalue weighted by atomic mass is 9.84. The van der Waals surface area contributed by atoms with Gasteiger partial charge < -0.3 is 0 Å². The molecule has 2 amide bonds. The summed E-state index contributed by atoms with van der Waals surface area (Å²) in [4.78, 5) is 27.9. The molecule has 3 heteroatoms. The highest BCUT2D eigenvalue weighted by Gasteiger charge is 2.39. The molecule has 0 N–H and O–H groups in total. The maximum absolute atomic E-state index is 13.1. The molecule has 3 aliphatic rings. The largest absolute Gasteiger partial charge is 0.271 e. The SMILES string of the molecule is C[C@H]1CC[C@H](N2C(=O)c3ccc4c5c(ccc(c35)C2=O)CC4)CC1. The Labute approximate surface area is 141 Å². The average Bonchev–Trinajstić information content (AvgIpc) is 3.01. The van der Waals surface area contributed by atoms with Crippen LogP contribution in [0.5, 0.6) is 0 Å². The molecule has 2 aromatic rings. The van der Waals surface area contributed by atoms with E-state index in [0.29, 0.717) is 5.92 Å². The smallest absolute Gasteiger partial charge is 0.261 e. The third-order valence-electron chi connectivity index (χ3n) is 6.25. The van der Waals surface area contributed by atoms with Crippen molar-refractivity contribution in [1.82, 2.24) is 4.90 Å². The average molecular weight is 319 g/mol. The predicted molar refractivity (Wildman–Crippen MR) is 93.3 cm³/mol. The summed E-state index contributed by atoms with van der Waals surface area (Å²) in [5, 5.41) is 2.08. The van der Waals surface area contributed by atoms with Gasteiger partial charge in [-0.15, -0.1) is 0 Å². The molecular weight excluding hydrogens is 298 g/mol. The van der Waals surface area contributed by atoms with Gasteiger partial charge in [0.25, 0.3) is 11.8 Å². The van der Waals surface area contributed by atoms with Crippen molar-refractivity contribution in [3.8, 4) is 0 Å². The number of hydrogen-bond donors (Lipinski definition) is 0. The summed E-state index contributed by atoms with van der Waals surface area (Å²) in [6.07, 6.45) is 6.11. The standard InChI is InChI=1S/C21H21NO2/c1-12-2-8-15(9-3-12)22-20(23)16-10-6-13-4-5-14-7-11-17(21(22)24)19(16)18(13)14/h6-7,10-12,15H,2-5,8-9H2,1H3/t12-,15-. The number of hydrogen-bond acceptors (Lipinski definition) is 2. The van der Waals surface area contributed by atoms with Crippen molar-refractivity contribution in [2.75, 3.05) is 0 Å². The van der Waals surface area contributed by atoms with Gasteiger partial charge in [-0.3, -0.25) is 14.5 Å². The first kappa shape index (κ1) is 14.2. The summed E-state index contributed by atoms with van der Waals surface area (Å²) >= 11 is 0. The quantitative estimate of drug-likeness (QED) is 0.742. The van der Waals surface area contributed by atoms with Crippen LogP contribution in [-0.4, -0.2) is 22.8 Å². The summed E-state index contributed by atoms with van der Waals surface area (Å²) in [6, 6.07) is 8.14. The topological polar surface area (TPSA) is 37.4 Å². The van der Waals surface area contributed by atoms with E-state index in [-0.39, 0.29) is 17.9 Å². The van der Waals surface area contributed by atoms with Crippen LogP contribution in [0.3, 0.4) is 0 Å². The zero-order chi connectivity index (χ0) is 16.4. The fourth-order valence-corrected chi connectivity index (χ4v) is 4.87. The van der Waals surface area contributed by atoms with Crippen molar-refractivity contribution in [2.24, 2.45) is 5.92 Å². The second-order valence-electron chi connectivity index (χ2n) is 7.69. The Hall–Kier alpha value is -2.16. The van der Waals surface area contributed by atoms with Gasteiger partial charge >= 0.3 is 0 Å². The number of benzene rings is 2. The molecule has 0 unspecified atom stereocenters. The number of rotatable bonds is 1. The van der Waals surface area contributed by atoms with E-state index in [9.17, 15) is 9.59 Å². The van der Waals surface area contributed by atoms with E-state index in [1.165, 1.54) is 16.5 Å². The molecule has 24 heavy (non-hydrogen) atoms. The fraction of sp³-hybridized carbons (Fsp3) is 0.429. The lowest BCUT2D eigenvalue weighted by molar-refractivity contribution is 0.0487. The van der Waals surface area contributed by atoms with E-state index in [1.54, 1.807) is 4.90 Å². The Morgan fingerprint density at radius 3 is 1.88 bits per heavy atom. The van der Waals surface area contributed by atoms with Crippen LogP contribution in [0.2, 0.25) is 0 Å². The van der Waals surface area contributed by atoms with Crippen LogP contribution >= 0.6 is 0 Å². The predicted octanol–water partition coefficient (Wildman–Crippen LogP) is 4.11. The normalized spacial score (nSPS) is 25.6. The highest BCUT2D eigenvalue weighted by Crippen LogP contribution is 2.40. The highest BCUT2D eigenvalue weighted by atomic mass is 16.2. The van der Waals surface area contributed by atoms with E-state index in [2.05, 4.69) is 19.1 Å². The number of nitrogens with zero attached hydrogens (tertiary/aromatic N) is 1. The monoisotopic (exact) mass is 319 g/mol. The molecule has 1 saturated carbocycles. The maximum Gasteiger partial charge on any atom is 0.261 e. The minimum absolute atomic E-state index is 0.0638. The Balaban J connectivity index is 1.67. The van der Waals surface area contributed by atoms with Gasteiger partial charge in [0.05, 0.1) is 0 Å². The van der Waals surface area contributed by atoms with Gasteiger partial charge in [-0.25, -0.2) is 0 Å². The van der Waals surface area contributed by atoms with Gasteiger partial charge in [0.2, 0.25) is 0 Å². The Morgan fingerprint density at radius 2 is 1.33 bits per heavy atom. The molecule has 0 atom stereocenters. The zero-order valence-corrected chi connectivity index (χ0v) is 14.0. The molecule has 1 fully saturated rings. The number of amides is 2. The summed E-state index contributed by atoms with van der Waals surface area (Å²) in [5.41, 5.74) is 4.02. The zero-order valence-electron chi connectivity index (χ0n) is 14.0. The van der Waals surface area contributed by atoms with Gasteiger partial charge in [0, 0.05) is 22.6 Å². The molecule has 122 valence electrons. The Kier molecular flexibility index (Phi) is 2.91. The maximum atomic E-state index is 13.1. The van der Waals surface area contributed by atoms with E-state index in [4.69, 9.17) is 0 Å².